The molecule has 0 spiro atoms. The summed E-state index contributed by atoms with van der Waals surface area (Å²) in [5, 5.41) is 10.9. The number of hydrogen-bond donors (Lipinski definition) is 4. The Morgan fingerprint density at radius 2 is 1.57 bits per heavy atom. The number of ether oxygens (including phenoxy) is 2. The second-order valence-electron chi connectivity index (χ2n) is 6.55. The molecule has 0 aliphatic heterocycles. The summed E-state index contributed by atoms with van der Waals surface area (Å²) in [6.07, 6.45) is 0.874. The van der Waals surface area contributed by atoms with Gasteiger partial charge in [-0.2, -0.15) is 0 Å². The number of rotatable bonds is 7. The molecule has 28 heavy (non-hydrogen) atoms. The summed E-state index contributed by atoms with van der Waals surface area (Å²) in [7, 11) is 1.58. The van der Waals surface area contributed by atoms with Crippen LogP contribution in [0.15, 0.2) is 21.7 Å². The summed E-state index contributed by atoms with van der Waals surface area (Å²) in [4.78, 5) is 25.1. The Bertz CT molecular complexity index is 1040. The van der Waals surface area contributed by atoms with Crippen LogP contribution in [0.3, 0.4) is 0 Å². The molecule has 0 saturated carbocycles. The van der Waals surface area contributed by atoms with Crippen molar-refractivity contribution in [1.29, 1.82) is 0 Å². The molecule has 2 aromatic heterocycles. The molecule has 150 valence electrons. The topological polar surface area (TPSA) is 116 Å². The molecule has 2 heterocycles. The van der Waals surface area contributed by atoms with E-state index in [1.54, 1.807) is 21.0 Å². The van der Waals surface area contributed by atoms with E-state index in [0.717, 1.165) is 15.6 Å². The van der Waals surface area contributed by atoms with Crippen molar-refractivity contribution in [2.75, 3.05) is 13.7 Å². The van der Waals surface area contributed by atoms with Gasteiger partial charge in [0.15, 0.2) is 11.5 Å². The van der Waals surface area contributed by atoms with Crippen molar-refractivity contribution in [2.24, 2.45) is 0 Å². The zero-order chi connectivity index (χ0) is 20.4. The number of aryl methyl sites for hydroxylation is 2. The number of H-pyrrole nitrogens is 4. The molecule has 0 unspecified atom stereocenters. The van der Waals surface area contributed by atoms with Crippen molar-refractivity contribution in [1.82, 2.24) is 20.4 Å². The van der Waals surface area contributed by atoms with Crippen molar-refractivity contribution in [3.63, 3.8) is 0 Å². The molecule has 0 atom stereocenters. The van der Waals surface area contributed by atoms with Gasteiger partial charge in [0.25, 0.3) is 11.1 Å². The summed E-state index contributed by atoms with van der Waals surface area (Å²) in [5.74, 6) is 0.661. The predicted octanol–water partition coefficient (Wildman–Crippen LogP) is 2.92. The fourth-order valence-corrected chi connectivity index (χ4v) is 4.12. The Morgan fingerprint density at radius 3 is 2.00 bits per heavy atom. The minimum Gasteiger partial charge on any atom is -0.493 e. The molecule has 9 heteroatoms. The number of hydrogen-bond acceptors (Lipinski definition) is 4. The highest BCUT2D eigenvalue weighted by molar-refractivity contribution is 14.1. The van der Waals surface area contributed by atoms with Crippen LogP contribution in [-0.2, 0) is 0 Å². The largest absolute Gasteiger partial charge is 0.493 e. The van der Waals surface area contributed by atoms with E-state index in [0.29, 0.717) is 40.6 Å². The first-order valence-electron chi connectivity index (χ1n) is 8.93. The Balaban J connectivity index is 2.27. The van der Waals surface area contributed by atoms with E-state index >= 15 is 0 Å². The van der Waals surface area contributed by atoms with Crippen molar-refractivity contribution in [3.8, 4) is 11.5 Å². The van der Waals surface area contributed by atoms with Crippen molar-refractivity contribution < 1.29 is 9.47 Å². The highest BCUT2D eigenvalue weighted by atomic mass is 127. The van der Waals surface area contributed by atoms with E-state index in [4.69, 9.17) is 9.47 Å². The second-order valence-corrected chi connectivity index (χ2v) is 7.71. The van der Waals surface area contributed by atoms with Crippen LogP contribution in [-0.4, -0.2) is 34.1 Å². The van der Waals surface area contributed by atoms with Gasteiger partial charge in [-0.05, 0) is 60.6 Å². The van der Waals surface area contributed by atoms with Gasteiger partial charge in [0.1, 0.15) is 0 Å². The Hall–Kier alpha value is -2.43. The highest BCUT2D eigenvalue weighted by Crippen LogP contribution is 2.39. The van der Waals surface area contributed by atoms with E-state index in [1.165, 1.54) is 0 Å². The Kier molecular flexibility index (Phi) is 6.01. The molecule has 0 bridgehead atoms. The molecule has 8 nitrogen and oxygen atoms in total. The monoisotopic (exact) mass is 498 g/mol. The van der Waals surface area contributed by atoms with Gasteiger partial charge < -0.3 is 19.7 Å². The molecule has 0 aliphatic carbocycles. The smallest absolute Gasteiger partial charge is 0.268 e. The number of nitrogens with one attached hydrogen (secondary N) is 4. The fraction of sp³-hybridized carbons (Fsp3) is 0.368. The number of aromatic amines is 4. The van der Waals surface area contributed by atoms with Crippen LogP contribution in [0.4, 0.5) is 0 Å². The first-order valence-corrected chi connectivity index (χ1v) is 10.0. The minimum atomic E-state index is -0.562. The third-order valence-corrected chi connectivity index (χ3v) is 5.44. The lowest BCUT2D eigenvalue weighted by molar-refractivity contribution is 0.292. The zero-order valence-corrected chi connectivity index (χ0v) is 18.3. The molecule has 0 radical (unpaired) electrons. The molecule has 3 aromatic rings. The first kappa shape index (κ1) is 20.3. The van der Waals surface area contributed by atoms with Crippen molar-refractivity contribution >= 4 is 22.6 Å². The van der Waals surface area contributed by atoms with E-state index < -0.39 is 5.92 Å². The van der Waals surface area contributed by atoms with Crippen molar-refractivity contribution in [3.05, 3.63) is 64.5 Å². The first-order chi connectivity index (χ1) is 13.4. The van der Waals surface area contributed by atoms with Crippen LogP contribution in [0.25, 0.3) is 0 Å². The second kappa shape index (κ2) is 8.29. The Labute approximate surface area is 175 Å². The van der Waals surface area contributed by atoms with Crippen LogP contribution in [0.1, 0.15) is 47.3 Å². The lowest BCUT2D eigenvalue weighted by Crippen LogP contribution is -2.20. The summed E-state index contributed by atoms with van der Waals surface area (Å²) in [6.45, 7) is 6.21. The minimum absolute atomic E-state index is 0.261. The fourth-order valence-electron chi connectivity index (χ4n) is 3.33. The quantitative estimate of drug-likeness (QED) is 0.375. The molecule has 0 amide bonds. The molecule has 0 saturated heterocycles. The Morgan fingerprint density at radius 1 is 1.00 bits per heavy atom. The number of halogens is 1. The highest BCUT2D eigenvalue weighted by Gasteiger charge is 2.29. The molecule has 3 rings (SSSR count). The van der Waals surface area contributed by atoms with Gasteiger partial charge in [0, 0.05) is 17.3 Å². The maximum Gasteiger partial charge on any atom is 0.268 e. The lowest BCUT2D eigenvalue weighted by Gasteiger charge is -2.19. The van der Waals surface area contributed by atoms with Gasteiger partial charge >= 0.3 is 0 Å². The van der Waals surface area contributed by atoms with E-state index in [1.807, 2.05) is 19.1 Å². The summed E-state index contributed by atoms with van der Waals surface area (Å²) in [5.41, 5.74) is 2.59. The molecular formula is C19H23IN4O4. The SMILES string of the molecule is CCCOc1c(I)cc(C(c2c(C)[nH][nH]c2=O)c2c(C)[nH][nH]c2=O)cc1OC. The number of aromatic nitrogens is 4. The summed E-state index contributed by atoms with van der Waals surface area (Å²) in [6, 6.07) is 3.76. The van der Waals surface area contributed by atoms with Crippen molar-refractivity contribution in [2.45, 2.75) is 33.1 Å². The predicted molar refractivity (Wildman–Crippen MR) is 115 cm³/mol. The van der Waals surface area contributed by atoms with Gasteiger partial charge in [0.2, 0.25) is 0 Å². The van der Waals surface area contributed by atoms with Crippen LogP contribution >= 0.6 is 22.6 Å². The van der Waals surface area contributed by atoms with Gasteiger partial charge in [-0.25, -0.2) is 0 Å². The van der Waals surface area contributed by atoms with E-state index in [9.17, 15) is 9.59 Å². The molecule has 0 fully saturated rings. The zero-order valence-electron chi connectivity index (χ0n) is 16.2. The third kappa shape index (κ3) is 3.62. The average Bonchev–Trinajstić information content (AvgIpc) is 3.17. The summed E-state index contributed by atoms with van der Waals surface area (Å²) >= 11 is 2.19. The van der Waals surface area contributed by atoms with Crippen LogP contribution in [0.2, 0.25) is 0 Å². The van der Waals surface area contributed by atoms with E-state index in [-0.39, 0.29) is 11.1 Å². The molecule has 0 aliphatic rings. The molecule has 4 N–H and O–H groups in total. The van der Waals surface area contributed by atoms with Crippen LogP contribution < -0.4 is 20.6 Å². The maximum atomic E-state index is 12.6. The summed E-state index contributed by atoms with van der Waals surface area (Å²) < 4.78 is 12.2. The van der Waals surface area contributed by atoms with Gasteiger partial charge in [-0.1, -0.05) is 6.92 Å². The van der Waals surface area contributed by atoms with Gasteiger partial charge in [0.05, 0.1) is 28.4 Å². The third-order valence-electron chi connectivity index (χ3n) is 4.64. The molecular weight excluding hydrogens is 475 g/mol. The van der Waals surface area contributed by atoms with Gasteiger partial charge in [-0.3, -0.25) is 19.8 Å². The van der Waals surface area contributed by atoms with Gasteiger partial charge in [-0.15, -0.1) is 0 Å². The normalized spacial score (nSPS) is 11.2. The molecule has 1 aromatic carbocycles. The van der Waals surface area contributed by atoms with Crippen LogP contribution in [0.5, 0.6) is 11.5 Å². The maximum absolute atomic E-state index is 12.6. The standard InChI is InChI=1S/C19H23IN4O4/c1-5-6-28-17-12(20)7-11(8-13(17)27-4)16(14-9(2)21-23-18(14)25)15-10(3)22-24-19(15)26/h7-8,16H,5-6H2,1-4H3,(H2,21,23,25)(H2,22,24,26). The van der Waals surface area contributed by atoms with Crippen LogP contribution in [0, 0.1) is 17.4 Å². The van der Waals surface area contributed by atoms with E-state index in [2.05, 4.69) is 43.0 Å². The number of methoxy groups -OCH3 is 1. The number of benzene rings is 1. The lowest BCUT2D eigenvalue weighted by atomic mass is 9.85. The average molecular weight is 498 g/mol.